The van der Waals surface area contributed by atoms with Gasteiger partial charge in [-0.15, -0.1) is 0 Å². The van der Waals surface area contributed by atoms with Gasteiger partial charge in [0, 0.05) is 16.2 Å². The van der Waals surface area contributed by atoms with Gasteiger partial charge in [0.05, 0.1) is 0 Å². The first-order valence-corrected chi connectivity index (χ1v) is 5.53. The third-order valence-electron chi connectivity index (χ3n) is 2.76. The molecule has 0 spiro atoms. The average molecular weight is 336 g/mol. The molecule has 22 heavy (non-hydrogen) atoms. The summed E-state index contributed by atoms with van der Waals surface area (Å²) in [5, 5.41) is 4.24. The van der Waals surface area contributed by atoms with E-state index < -0.39 is 35.5 Å². The van der Waals surface area contributed by atoms with Crippen molar-refractivity contribution < 1.29 is 30.7 Å². The third kappa shape index (κ3) is 3.47. The Bertz CT molecular complexity index is 517. The van der Waals surface area contributed by atoms with E-state index in [1.54, 1.807) is 4.91 Å². The lowest BCUT2D eigenvalue weighted by molar-refractivity contribution is -0.313. The van der Waals surface area contributed by atoms with Gasteiger partial charge in [-0.05, 0) is 36.9 Å². The molecule has 6 nitrogen and oxygen atoms in total. The van der Waals surface area contributed by atoms with Gasteiger partial charge < -0.3 is 0 Å². The monoisotopic (exact) mass is 336 g/mol. The molecular formula is C9H11F7N6. The van der Waals surface area contributed by atoms with Crippen molar-refractivity contribution in [1.82, 2.24) is 0 Å². The van der Waals surface area contributed by atoms with Crippen molar-refractivity contribution in [1.29, 1.82) is 0 Å². The molecule has 0 bridgehead atoms. The van der Waals surface area contributed by atoms with Gasteiger partial charge in [-0.3, -0.25) is 0 Å². The average Bonchev–Trinajstić information content (AvgIpc) is 2.26. The topological polar surface area (TPSA) is 97.5 Å². The van der Waals surface area contributed by atoms with Crippen LogP contribution in [0.3, 0.4) is 0 Å². The van der Waals surface area contributed by atoms with E-state index in [0.717, 1.165) is 0 Å². The maximum atomic E-state index is 14.0. The van der Waals surface area contributed by atoms with E-state index in [1.165, 1.54) is 0 Å². The van der Waals surface area contributed by atoms with Crippen LogP contribution in [-0.2, 0) is 0 Å². The lowest BCUT2D eigenvalue weighted by atomic mass is 9.85. The largest absolute Gasteiger partial charge is 0.352 e. The highest BCUT2D eigenvalue weighted by Gasteiger charge is 2.75. The van der Waals surface area contributed by atoms with Crippen LogP contribution in [0.5, 0.6) is 0 Å². The normalized spacial score (nSPS) is 20.6. The summed E-state index contributed by atoms with van der Waals surface area (Å²) in [6, 6.07) is 0. The molecule has 0 aromatic carbocycles. The van der Waals surface area contributed by atoms with Crippen LogP contribution in [-0.4, -0.2) is 29.1 Å². The van der Waals surface area contributed by atoms with Crippen molar-refractivity contribution in [3.63, 3.8) is 0 Å². The van der Waals surface area contributed by atoms with E-state index >= 15 is 0 Å². The van der Waals surface area contributed by atoms with Crippen molar-refractivity contribution in [3.05, 3.63) is 20.9 Å². The van der Waals surface area contributed by atoms with Gasteiger partial charge in [-0.2, -0.15) is 17.6 Å². The van der Waals surface area contributed by atoms with Crippen LogP contribution >= 0.6 is 0 Å². The number of hydrogen-bond acceptors (Lipinski definition) is 2. The predicted octanol–water partition coefficient (Wildman–Crippen LogP) is 5.37. The zero-order valence-corrected chi connectivity index (χ0v) is 11.5. The number of azide groups is 2. The summed E-state index contributed by atoms with van der Waals surface area (Å²) in [6.45, 7) is 0.0808. The molecule has 0 heterocycles. The number of halogens is 7. The van der Waals surface area contributed by atoms with Crippen molar-refractivity contribution in [2.45, 2.75) is 56.3 Å². The summed E-state index contributed by atoms with van der Waals surface area (Å²) in [5.74, 6) is -19.3. The number of alkyl halides is 7. The van der Waals surface area contributed by atoms with Gasteiger partial charge in [-0.25, -0.2) is 13.2 Å². The molecule has 0 saturated heterocycles. The predicted molar refractivity (Wildman–Crippen MR) is 61.3 cm³/mol. The molecule has 126 valence electrons. The first-order chi connectivity index (χ1) is 9.58. The Kier molecular flexibility index (Phi) is 5.24. The van der Waals surface area contributed by atoms with Crippen LogP contribution < -0.4 is 0 Å². The van der Waals surface area contributed by atoms with Crippen molar-refractivity contribution in [3.8, 4) is 0 Å². The summed E-state index contributed by atoms with van der Waals surface area (Å²) >= 11 is 0. The van der Waals surface area contributed by atoms with Crippen LogP contribution in [0.15, 0.2) is 10.2 Å². The summed E-state index contributed by atoms with van der Waals surface area (Å²) in [4.78, 5) is 3.57. The maximum absolute atomic E-state index is 14.0. The molecule has 3 atom stereocenters. The molecule has 0 aliphatic rings. The molecule has 0 saturated carbocycles. The fraction of sp³-hybridized carbons (Fsp3) is 1.00. The fourth-order valence-corrected chi connectivity index (χ4v) is 1.61. The summed E-state index contributed by atoms with van der Waals surface area (Å²) < 4.78 is 95.6. The molecule has 0 aliphatic heterocycles. The summed E-state index contributed by atoms with van der Waals surface area (Å²) in [5.41, 5.74) is 11.6. The van der Waals surface area contributed by atoms with Crippen molar-refractivity contribution in [2.24, 2.45) is 10.2 Å². The number of nitrogens with zero attached hydrogens (tertiary/aromatic N) is 6. The maximum Gasteiger partial charge on any atom is 0.352 e. The molecule has 0 aliphatic carbocycles. The molecule has 13 heteroatoms. The highest BCUT2D eigenvalue weighted by molar-refractivity contribution is 5.08. The molecule has 0 aromatic rings. The molecule has 0 radical (unpaired) electrons. The van der Waals surface area contributed by atoms with Crippen LogP contribution in [0.2, 0.25) is 0 Å². The Morgan fingerprint density at radius 2 is 1.18 bits per heavy atom. The second-order valence-electron chi connectivity index (χ2n) is 5.00. The van der Waals surface area contributed by atoms with Gasteiger partial charge in [-0.1, -0.05) is 5.11 Å². The Hall–Kier alpha value is -1.87. The first-order valence-electron chi connectivity index (χ1n) is 5.53. The van der Waals surface area contributed by atoms with Crippen molar-refractivity contribution in [2.75, 3.05) is 0 Å². The SMILES string of the molecule is CC(F)(CC(C)(F)C(F)(F)C(F)(F)C(C)(F)N=[N+]=[N-])N=[N+]=[N-]. The van der Waals surface area contributed by atoms with Crippen LogP contribution in [0.25, 0.3) is 20.9 Å². The quantitative estimate of drug-likeness (QED) is 0.196. The minimum atomic E-state index is -5.80. The molecule has 0 fully saturated rings. The fourth-order valence-electron chi connectivity index (χ4n) is 1.61. The van der Waals surface area contributed by atoms with Gasteiger partial charge in [0.15, 0.2) is 11.5 Å². The minimum absolute atomic E-state index is 0.113. The van der Waals surface area contributed by atoms with E-state index in [1.807, 2.05) is 10.0 Å². The Balaban J connectivity index is 5.88. The van der Waals surface area contributed by atoms with Gasteiger partial charge >= 0.3 is 11.8 Å². The smallest absolute Gasteiger partial charge is 0.238 e. The number of hydrogen-bond donors (Lipinski definition) is 0. The van der Waals surface area contributed by atoms with Crippen LogP contribution in [0.4, 0.5) is 30.7 Å². The van der Waals surface area contributed by atoms with Gasteiger partial charge in [0.25, 0.3) is 5.79 Å². The van der Waals surface area contributed by atoms with Crippen molar-refractivity contribution >= 4 is 0 Å². The molecule has 0 aromatic heterocycles. The molecule has 0 N–H and O–H groups in total. The molecular weight excluding hydrogens is 325 g/mol. The van der Waals surface area contributed by atoms with E-state index in [9.17, 15) is 30.7 Å². The standard InChI is InChI=1S/C9H11F7N6/c1-5(10,4-6(2,11)19-21-17)8(13,14)9(15,16)7(3,12)20-22-18/h4H2,1-3H3. The molecule has 3 unspecified atom stereocenters. The molecule has 0 amide bonds. The second-order valence-corrected chi connectivity index (χ2v) is 5.00. The Labute approximate surface area is 119 Å². The van der Waals surface area contributed by atoms with Crippen LogP contribution in [0.1, 0.15) is 27.2 Å². The lowest BCUT2D eigenvalue weighted by Crippen LogP contribution is -2.63. The second kappa shape index (κ2) is 5.73. The minimum Gasteiger partial charge on any atom is -0.238 e. The highest BCUT2D eigenvalue weighted by Crippen LogP contribution is 2.54. The van der Waals surface area contributed by atoms with Gasteiger partial charge in [0.1, 0.15) is 0 Å². The lowest BCUT2D eigenvalue weighted by Gasteiger charge is -2.40. The zero-order valence-electron chi connectivity index (χ0n) is 11.5. The summed E-state index contributed by atoms with van der Waals surface area (Å²) in [6.07, 6.45) is -1.99. The zero-order chi connectivity index (χ0) is 18.0. The third-order valence-corrected chi connectivity index (χ3v) is 2.76. The van der Waals surface area contributed by atoms with Gasteiger partial charge in [0.2, 0.25) is 0 Å². The van der Waals surface area contributed by atoms with E-state index in [-0.39, 0.29) is 13.8 Å². The first kappa shape index (κ1) is 20.1. The van der Waals surface area contributed by atoms with Crippen LogP contribution in [0, 0.1) is 0 Å². The highest BCUT2D eigenvalue weighted by atomic mass is 19.3. The van der Waals surface area contributed by atoms with E-state index in [0.29, 0.717) is 6.92 Å². The number of rotatable bonds is 7. The van der Waals surface area contributed by atoms with E-state index in [4.69, 9.17) is 11.1 Å². The molecule has 0 rings (SSSR count). The Morgan fingerprint density at radius 3 is 1.55 bits per heavy atom. The Morgan fingerprint density at radius 1 is 0.773 bits per heavy atom. The van der Waals surface area contributed by atoms with E-state index in [2.05, 4.69) is 5.11 Å². The summed E-state index contributed by atoms with van der Waals surface area (Å²) in [7, 11) is 0.